The monoisotopic (exact) mass is 1220 g/mol. The number of piperazine rings is 2. The number of para-hydroxylation sites is 2. The molecule has 88 heavy (non-hydrogen) atoms. The summed E-state index contributed by atoms with van der Waals surface area (Å²) in [5.74, 6) is 3.77. The Bertz CT molecular complexity index is 3470. The van der Waals surface area contributed by atoms with E-state index in [1.807, 2.05) is 82.6 Å². The first-order valence-corrected chi connectivity index (χ1v) is 29.3. The number of phenols is 2. The number of fused-ring (bicyclic) bond motifs is 2. The molecule has 0 saturated carbocycles. The van der Waals surface area contributed by atoms with Gasteiger partial charge >= 0.3 is 0 Å². The zero-order chi connectivity index (χ0) is 60.1. The third kappa shape index (κ3) is 15.7. The number of carbonyl (C=O) groups excluding carboxylic acids is 2. The van der Waals surface area contributed by atoms with Crippen molar-refractivity contribution < 1.29 is 34.0 Å². The van der Waals surface area contributed by atoms with Gasteiger partial charge in [-0.3, -0.25) is 9.59 Å². The van der Waals surface area contributed by atoms with Crippen molar-refractivity contribution >= 4 is 63.9 Å². The van der Waals surface area contributed by atoms with Gasteiger partial charge in [-0.05, 0) is 83.3 Å². The highest BCUT2D eigenvalue weighted by molar-refractivity contribution is 5.85. The van der Waals surface area contributed by atoms with Gasteiger partial charge in [0.2, 0.25) is 29.7 Å². The van der Waals surface area contributed by atoms with Crippen molar-refractivity contribution in [1.29, 1.82) is 0 Å². The van der Waals surface area contributed by atoms with E-state index in [1.54, 1.807) is 46.0 Å². The highest BCUT2D eigenvalue weighted by Gasteiger charge is 2.35. The van der Waals surface area contributed by atoms with Gasteiger partial charge in [0.25, 0.3) is 0 Å². The van der Waals surface area contributed by atoms with Crippen molar-refractivity contribution in [2.75, 3.05) is 114 Å². The minimum absolute atomic E-state index is 0. The SMILES string of the molecule is C#CCOCCOCCOCCNc1nc(N2CCN(C(=O)C(Cc3cc4ccccc4[nH]3)n3cc(C(N)Cc4ccc(O)cc4)nn3)CC2)nc(N2CCN(C(=O)C(Cc3cc4ccccc4[nH]3)n3cc(C(N)Cc4ccc(O)cc4)nn3)CC2)n1.Cl. The van der Waals surface area contributed by atoms with Crippen molar-refractivity contribution in [2.45, 2.75) is 49.9 Å². The predicted molar refractivity (Wildman–Crippen MR) is 334 cm³/mol. The number of nitrogens with zero attached hydrogens (tertiary/aromatic N) is 13. The lowest BCUT2D eigenvalue weighted by Gasteiger charge is -2.38. The topological polar surface area (TPSA) is 311 Å². The van der Waals surface area contributed by atoms with E-state index in [1.165, 1.54) is 0 Å². The Balaban J connectivity index is 0.00000855. The van der Waals surface area contributed by atoms with Crippen LogP contribution in [0.25, 0.3) is 21.8 Å². The van der Waals surface area contributed by atoms with Gasteiger partial charge in [-0.1, -0.05) is 77.0 Å². The van der Waals surface area contributed by atoms with E-state index in [2.05, 4.69) is 63.8 Å². The molecule has 4 aromatic carbocycles. The smallest absolute Gasteiger partial charge is 0.248 e. The van der Waals surface area contributed by atoms with Gasteiger partial charge in [-0.2, -0.15) is 15.0 Å². The van der Waals surface area contributed by atoms with Crippen LogP contribution in [0, 0.1) is 12.3 Å². The Morgan fingerprint density at radius 2 is 1.01 bits per heavy atom. The highest BCUT2D eigenvalue weighted by Crippen LogP contribution is 2.28. The first kappa shape index (κ1) is 61.9. The van der Waals surface area contributed by atoms with Gasteiger partial charge in [0.15, 0.2) is 0 Å². The van der Waals surface area contributed by atoms with Crippen LogP contribution >= 0.6 is 12.4 Å². The fraction of sp³-hybridized carbons (Fsp3) is 0.371. The molecule has 26 heteroatoms. The van der Waals surface area contributed by atoms with Crippen LogP contribution in [0.2, 0.25) is 0 Å². The normalized spacial score (nSPS) is 15.0. The zero-order valence-electron chi connectivity index (χ0n) is 48.7. The van der Waals surface area contributed by atoms with Crippen LogP contribution in [-0.4, -0.2) is 185 Å². The molecule has 2 aliphatic heterocycles. The van der Waals surface area contributed by atoms with Gasteiger partial charge in [0, 0.05) is 94.2 Å². The Kier molecular flexibility index (Phi) is 20.7. The van der Waals surface area contributed by atoms with Gasteiger partial charge in [0.05, 0.1) is 68.9 Å². The average Bonchev–Trinajstić information content (AvgIpc) is 2.34. The lowest BCUT2D eigenvalue weighted by Crippen LogP contribution is -2.52. The van der Waals surface area contributed by atoms with E-state index in [4.69, 9.17) is 47.1 Å². The van der Waals surface area contributed by atoms with E-state index in [9.17, 15) is 19.8 Å². The van der Waals surface area contributed by atoms with Gasteiger partial charge < -0.3 is 70.8 Å². The number of nitrogens with one attached hydrogen (secondary N) is 3. The standard InChI is InChI=1S/C62H72N18O7.ClH/c1-2-28-85-30-32-87-33-31-86-29-19-65-60-68-61(77-24-20-75(21-25-77)58(83)56(38-46-36-44-7-3-5-9-52(44)66-46)79-40-54(71-73-79)50(63)34-42-11-15-48(81)16-12-42)70-62(69-60)78-26-22-76(23-27-78)59(84)57(39-47-37-45-8-4-6-10-53(45)67-47)80-41-55(72-74-80)51(64)35-43-13-17-49(82)18-14-43;/h1,3-18,36-37,40-41,50-51,56-57,66-67,81-82H,19-35,38-39,63-64H2,(H,65,68,69,70);1H. The molecule has 11 rings (SSSR count). The quantitative estimate of drug-likeness (QED) is 0.0271. The number of hydrogen-bond donors (Lipinski definition) is 7. The summed E-state index contributed by atoms with van der Waals surface area (Å²) >= 11 is 0. The van der Waals surface area contributed by atoms with Crippen molar-refractivity contribution in [3.8, 4) is 23.8 Å². The van der Waals surface area contributed by atoms with Crippen LogP contribution in [0.5, 0.6) is 11.5 Å². The van der Waals surface area contributed by atoms with Gasteiger partial charge in [0.1, 0.15) is 30.2 Å². The minimum atomic E-state index is -0.739. The van der Waals surface area contributed by atoms with Crippen molar-refractivity contribution in [3.05, 3.63) is 155 Å². The molecule has 0 bridgehead atoms. The van der Waals surface area contributed by atoms with Crippen LogP contribution in [-0.2, 0) is 49.5 Å². The molecule has 0 spiro atoms. The molecule has 25 nitrogen and oxygen atoms in total. The number of hydrogen-bond acceptors (Lipinski definition) is 19. The van der Waals surface area contributed by atoms with E-state index in [-0.39, 0.29) is 42.3 Å². The fourth-order valence-electron chi connectivity index (χ4n) is 10.9. The number of anilines is 3. The molecule has 4 atom stereocenters. The molecule has 2 amide bonds. The molecule has 2 saturated heterocycles. The lowest BCUT2D eigenvalue weighted by atomic mass is 10.0. The highest BCUT2D eigenvalue weighted by atomic mass is 35.5. The number of aromatic nitrogens is 11. The van der Waals surface area contributed by atoms with E-state index in [0.29, 0.717) is 147 Å². The number of benzene rings is 4. The maximum absolute atomic E-state index is 14.9. The Morgan fingerprint density at radius 3 is 1.45 bits per heavy atom. The number of nitrogens with two attached hydrogens (primary N) is 2. The minimum Gasteiger partial charge on any atom is -0.508 e. The van der Waals surface area contributed by atoms with E-state index >= 15 is 0 Å². The summed E-state index contributed by atoms with van der Waals surface area (Å²) < 4.78 is 20.0. The zero-order valence-corrected chi connectivity index (χ0v) is 49.5. The second kappa shape index (κ2) is 29.5. The number of rotatable bonds is 27. The van der Waals surface area contributed by atoms with Crippen molar-refractivity contribution in [3.63, 3.8) is 0 Å². The molecule has 5 aromatic heterocycles. The van der Waals surface area contributed by atoms with Crippen molar-refractivity contribution in [1.82, 2.24) is 64.7 Å². The summed E-state index contributed by atoms with van der Waals surface area (Å²) in [4.78, 5) is 59.5. The number of phenolic OH excluding ortho intramolecular Hbond substituents is 2. The molecular weight excluding hydrogens is 1140 g/mol. The predicted octanol–water partition coefficient (Wildman–Crippen LogP) is 4.70. The molecule has 0 radical (unpaired) electrons. The molecule has 2 aliphatic rings. The number of aromatic amines is 2. The number of carbonyl (C=O) groups is 2. The summed E-state index contributed by atoms with van der Waals surface area (Å²) in [7, 11) is 0. The third-order valence-corrected chi connectivity index (χ3v) is 15.6. The first-order valence-electron chi connectivity index (χ1n) is 29.3. The van der Waals surface area contributed by atoms with Crippen LogP contribution in [0.3, 0.4) is 0 Å². The molecule has 0 aliphatic carbocycles. The Morgan fingerprint density at radius 1 is 0.580 bits per heavy atom. The maximum atomic E-state index is 14.9. The molecule has 4 unspecified atom stereocenters. The molecular formula is C62H73ClN18O7. The first-order chi connectivity index (χ1) is 42.5. The Labute approximate surface area is 514 Å². The largest absolute Gasteiger partial charge is 0.508 e. The van der Waals surface area contributed by atoms with Crippen molar-refractivity contribution in [2.24, 2.45) is 11.5 Å². The van der Waals surface area contributed by atoms with E-state index in [0.717, 1.165) is 44.3 Å². The summed E-state index contributed by atoms with van der Waals surface area (Å²) in [6.07, 6.45) is 10.4. The van der Waals surface area contributed by atoms with Crippen LogP contribution in [0.4, 0.5) is 17.8 Å². The molecule has 9 aromatic rings. The average molecular weight is 1220 g/mol. The van der Waals surface area contributed by atoms with Gasteiger partial charge in [-0.25, -0.2) is 9.36 Å². The van der Waals surface area contributed by atoms with Crippen LogP contribution < -0.4 is 26.6 Å². The second-order valence-electron chi connectivity index (χ2n) is 21.7. The van der Waals surface area contributed by atoms with Gasteiger partial charge in [-0.15, -0.1) is 29.0 Å². The summed E-state index contributed by atoms with van der Waals surface area (Å²) in [6, 6.07) is 31.4. The molecule has 2 fully saturated rings. The number of aromatic hydroxyl groups is 2. The van der Waals surface area contributed by atoms with E-state index < -0.39 is 24.2 Å². The number of halogens is 1. The molecule has 7 heterocycles. The second-order valence-corrected chi connectivity index (χ2v) is 21.7. The lowest BCUT2D eigenvalue weighted by molar-refractivity contribution is -0.136. The molecule has 9 N–H and O–H groups in total. The van der Waals surface area contributed by atoms with Crippen LogP contribution in [0.1, 0.15) is 58.1 Å². The summed E-state index contributed by atoms with van der Waals surface area (Å²) in [5.41, 5.74) is 20.0. The summed E-state index contributed by atoms with van der Waals surface area (Å²) in [6.45, 7) is 5.76. The maximum Gasteiger partial charge on any atom is 0.248 e. The number of ether oxygens (including phenoxy) is 3. The fourth-order valence-corrected chi connectivity index (χ4v) is 10.9. The third-order valence-electron chi connectivity index (χ3n) is 15.6. The number of H-pyrrole nitrogens is 2. The summed E-state index contributed by atoms with van der Waals surface area (Å²) in [5, 5.41) is 43.0. The molecule has 460 valence electrons. The number of amides is 2. The Hall–Kier alpha value is -9.16. The van der Waals surface area contributed by atoms with Crippen LogP contribution in [0.15, 0.2) is 122 Å². The number of terminal acetylenes is 1.